The highest BCUT2D eigenvalue weighted by Gasteiger charge is 2.42. The molecule has 2 atom stereocenters. The highest BCUT2D eigenvalue weighted by molar-refractivity contribution is 7.99. The van der Waals surface area contributed by atoms with Crippen LogP contribution in [0.25, 0.3) is 0 Å². The predicted molar refractivity (Wildman–Crippen MR) is 74.2 cm³/mol. The van der Waals surface area contributed by atoms with Gasteiger partial charge in [-0.3, -0.25) is 4.79 Å². The van der Waals surface area contributed by atoms with Gasteiger partial charge in [-0.2, -0.15) is 11.8 Å². The average Bonchev–Trinajstić information content (AvgIpc) is 2.23. The van der Waals surface area contributed by atoms with E-state index in [-0.39, 0.29) is 17.3 Å². The number of carbonyl (C=O) groups excluding carboxylic acids is 1. The predicted octanol–water partition coefficient (Wildman–Crippen LogP) is 3.75. The molecule has 0 aromatic heterocycles. The zero-order chi connectivity index (χ0) is 12.9. The smallest absolute Gasteiger partial charge is 0.309 e. The Kier molecular flexibility index (Phi) is 5.84. The van der Waals surface area contributed by atoms with Gasteiger partial charge in [0.05, 0.1) is 5.92 Å². The number of hydrogen-bond acceptors (Lipinski definition) is 3. The van der Waals surface area contributed by atoms with Gasteiger partial charge in [0.1, 0.15) is 6.61 Å². The van der Waals surface area contributed by atoms with Gasteiger partial charge in [0.15, 0.2) is 0 Å². The fourth-order valence-electron chi connectivity index (χ4n) is 2.96. The zero-order valence-electron chi connectivity index (χ0n) is 11.6. The molecule has 17 heavy (non-hydrogen) atoms. The Bertz CT molecular complexity index is 251. The molecule has 1 aliphatic rings. The third-order valence-corrected chi connectivity index (χ3v) is 4.69. The maximum absolute atomic E-state index is 12.2. The van der Waals surface area contributed by atoms with Gasteiger partial charge in [-0.1, -0.05) is 34.1 Å². The molecular weight excluding hydrogens is 232 g/mol. The van der Waals surface area contributed by atoms with Crippen molar-refractivity contribution >= 4 is 17.7 Å². The number of hydrogen-bond donors (Lipinski definition) is 0. The van der Waals surface area contributed by atoms with Crippen LogP contribution in [0.1, 0.15) is 47.0 Å². The summed E-state index contributed by atoms with van der Waals surface area (Å²) in [5.74, 6) is 2.58. The first kappa shape index (κ1) is 14.9. The molecule has 1 aliphatic carbocycles. The molecule has 2 nitrogen and oxygen atoms in total. The van der Waals surface area contributed by atoms with Crippen LogP contribution in [0, 0.1) is 17.3 Å². The van der Waals surface area contributed by atoms with Crippen molar-refractivity contribution in [2.75, 3.05) is 18.1 Å². The summed E-state index contributed by atoms with van der Waals surface area (Å²) in [4.78, 5) is 12.2. The van der Waals surface area contributed by atoms with Gasteiger partial charge in [0.25, 0.3) is 0 Å². The summed E-state index contributed by atoms with van der Waals surface area (Å²) in [6.07, 6.45) is 3.54. The standard InChI is InChI=1S/C14H26O2S/c1-5-17-10-9-16-13(15)12-11(2)7-6-8-14(12,3)4/h11-12H,5-10H2,1-4H3/t11?,12-/m0/s1. The van der Waals surface area contributed by atoms with Crippen LogP contribution in [0.2, 0.25) is 0 Å². The molecule has 0 radical (unpaired) electrons. The van der Waals surface area contributed by atoms with Gasteiger partial charge in [0.2, 0.25) is 0 Å². The Morgan fingerprint density at radius 3 is 2.76 bits per heavy atom. The normalized spacial score (nSPS) is 27.8. The molecule has 0 aromatic carbocycles. The van der Waals surface area contributed by atoms with Crippen LogP contribution >= 0.6 is 11.8 Å². The maximum atomic E-state index is 12.2. The maximum Gasteiger partial charge on any atom is 0.309 e. The zero-order valence-corrected chi connectivity index (χ0v) is 12.4. The first-order valence-electron chi connectivity index (χ1n) is 6.73. The van der Waals surface area contributed by atoms with E-state index in [1.165, 1.54) is 6.42 Å². The highest BCUT2D eigenvalue weighted by Crippen LogP contribution is 2.44. The second kappa shape index (κ2) is 6.67. The lowest BCUT2D eigenvalue weighted by Crippen LogP contribution is -2.40. The minimum Gasteiger partial charge on any atom is -0.465 e. The van der Waals surface area contributed by atoms with E-state index in [2.05, 4.69) is 27.7 Å². The molecule has 0 bridgehead atoms. The van der Waals surface area contributed by atoms with E-state index < -0.39 is 0 Å². The SMILES string of the molecule is CCSCCOC(=O)[C@@H]1C(C)CCCC1(C)C. The lowest BCUT2D eigenvalue weighted by molar-refractivity contribution is -0.156. The summed E-state index contributed by atoms with van der Waals surface area (Å²) in [6.45, 7) is 9.29. The van der Waals surface area contributed by atoms with E-state index in [9.17, 15) is 4.79 Å². The summed E-state index contributed by atoms with van der Waals surface area (Å²) in [5.41, 5.74) is 0.104. The van der Waals surface area contributed by atoms with E-state index in [1.54, 1.807) is 0 Å². The van der Waals surface area contributed by atoms with Crippen molar-refractivity contribution in [3.8, 4) is 0 Å². The molecule has 0 aromatic rings. The molecular formula is C14H26O2S. The van der Waals surface area contributed by atoms with Crippen molar-refractivity contribution in [1.29, 1.82) is 0 Å². The molecule has 1 fully saturated rings. The minimum absolute atomic E-state index is 0.0268. The largest absolute Gasteiger partial charge is 0.465 e. The summed E-state index contributed by atoms with van der Waals surface area (Å²) < 4.78 is 5.43. The van der Waals surface area contributed by atoms with Crippen LogP contribution in [0.3, 0.4) is 0 Å². The average molecular weight is 258 g/mol. The molecule has 100 valence electrons. The van der Waals surface area contributed by atoms with E-state index in [4.69, 9.17) is 4.74 Å². The van der Waals surface area contributed by atoms with Crippen LogP contribution in [-0.2, 0) is 9.53 Å². The topological polar surface area (TPSA) is 26.3 Å². The quantitative estimate of drug-likeness (QED) is 0.555. The van der Waals surface area contributed by atoms with Crippen LogP contribution < -0.4 is 0 Å². The van der Waals surface area contributed by atoms with E-state index >= 15 is 0 Å². The summed E-state index contributed by atoms with van der Waals surface area (Å²) in [5, 5.41) is 0. The Hall–Kier alpha value is -0.180. The first-order valence-corrected chi connectivity index (χ1v) is 7.89. The van der Waals surface area contributed by atoms with Crippen LogP contribution in [-0.4, -0.2) is 24.1 Å². The Balaban J connectivity index is 2.47. The Morgan fingerprint density at radius 1 is 1.47 bits per heavy atom. The summed E-state index contributed by atoms with van der Waals surface area (Å²) >= 11 is 1.82. The van der Waals surface area contributed by atoms with E-state index in [0.29, 0.717) is 12.5 Å². The molecule has 0 saturated heterocycles. The molecule has 0 N–H and O–H groups in total. The van der Waals surface area contributed by atoms with Gasteiger partial charge in [-0.25, -0.2) is 0 Å². The van der Waals surface area contributed by atoms with Crippen LogP contribution in [0.15, 0.2) is 0 Å². The van der Waals surface area contributed by atoms with E-state index in [1.807, 2.05) is 11.8 Å². The first-order chi connectivity index (χ1) is 7.99. The van der Waals surface area contributed by atoms with Crippen molar-refractivity contribution in [2.45, 2.75) is 47.0 Å². The third kappa shape index (κ3) is 4.20. The molecule has 0 amide bonds. The van der Waals surface area contributed by atoms with Crippen molar-refractivity contribution in [3.05, 3.63) is 0 Å². The third-order valence-electron chi connectivity index (χ3n) is 3.82. The molecule has 1 rings (SSSR count). The van der Waals surface area contributed by atoms with Gasteiger partial charge in [-0.15, -0.1) is 0 Å². The molecule has 0 heterocycles. The lowest BCUT2D eigenvalue weighted by Gasteiger charge is -2.41. The number of rotatable bonds is 5. The van der Waals surface area contributed by atoms with Crippen LogP contribution in [0.5, 0.6) is 0 Å². The second-order valence-corrected chi connectivity index (χ2v) is 7.09. The summed E-state index contributed by atoms with van der Waals surface area (Å²) in [6, 6.07) is 0. The highest BCUT2D eigenvalue weighted by atomic mass is 32.2. The molecule has 0 spiro atoms. The lowest BCUT2D eigenvalue weighted by atomic mass is 9.64. The van der Waals surface area contributed by atoms with Gasteiger partial charge in [-0.05, 0) is 29.9 Å². The van der Waals surface area contributed by atoms with Crippen molar-refractivity contribution in [1.82, 2.24) is 0 Å². The van der Waals surface area contributed by atoms with Crippen molar-refractivity contribution in [2.24, 2.45) is 17.3 Å². The number of esters is 1. The molecule has 1 saturated carbocycles. The minimum atomic E-state index is 0.0268. The van der Waals surface area contributed by atoms with Crippen molar-refractivity contribution < 1.29 is 9.53 Å². The second-order valence-electron chi connectivity index (χ2n) is 5.70. The van der Waals surface area contributed by atoms with Gasteiger partial charge >= 0.3 is 5.97 Å². The summed E-state index contributed by atoms with van der Waals surface area (Å²) in [7, 11) is 0. The van der Waals surface area contributed by atoms with Gasteiger partial charge < -0.3 is 4.74 Å². The number of thioether (sulfide) groups is 1. The number of carbonyl (C=O) groups is 1. The molecule has 1 unspecified atom stereocenters. The molecule has 3 heteroatoms. The van der Waals surface area contributed by atoms with Crippen LogP contribution in [0.4, 0.5) is 0 Å². The fraction of sp³-hybridized carbons (Fsp3) is 0.929. The van der Waals surface area contributed by atoms with Gasteiger partial charge in [0, 0.05) is 5.75 Å². The Labute approximate surface area is 110 Å². The number of ether oxygens (including phenoxy) is 1. The van der Waals surface area contributed by atoms with Crippen molar-refractivity contribution in [3.63, 3.8) is 0 Å². The fourth-order valence-corrected chi connectivity index (χ4v) is 3.45. The monoisotopic (exact) mass is 258 g/mol. The Morgan fingerprint density at radius 2 is 2.18 bits per heavy atom. The van der Waals surface area contributed by atoms with E-state index in [0.717, 1.165) is 24.3 Å². The molecule has 0 aliphatic heterocycles.